The van der Waals surface area contributed by atoms with Gasteiger partial charge in [-0.1, -0.05) is 6.07 Å². The number of hydrogen-bond donors (Lipinski definition) is 2. The number of aromatic nitrogens is 2. The van der Waals surface area contributed by atoms with E-state index in [4.69, 9.17) is 9.84 Å². The van der Waals surface area contributed by atoms with E-state index in [1.54, 1.807) is 13.2 Å². The van der Waals surface area contributed by atoms with Crippen LogP contribution in [0.1, 0.15) is 46.2 Å². The Balaban J connectivity index is 1.78. The molecule has 1 aliphatic rings. The number of carbonyl (C=O) groups is 1. The fourth-order valence-electron chi connectivity index (χ4n) is 3.17. The summed E-state index contributed by atoms with van der Waals surface area (Å²) in [5, 5.41) is 10.3. The highest BCUT2D eigenvalue weighted by Crippen LogP contribution is 2.44. The summed E-state index contributed by atoms with van der Waals surface area (Å²) >= 11 is 0. The molecule has 122 valence electrons. The zero-order valence-electron chi connectivity index (χ0n) is 13.4. The lowest BCUT2D eigenvalue weighted by Gasteiger charge is -2.05. The molecule has 0 atom stereocenters. The highest BCUT2D eigenvalue weighted by Gasteiger charge is 2.29. The van der Waals surface area contributed by atoms with E-state index in [-0.39, 0.29) is 5.69 Å². The molecular formula is C19H18N2O3. The summed E-state index contributed by atoms with van der Waals surface area (Å²) in [5.41, 5.74) is 4.38. The fourth-order valence-corrected chi connectivity index (χ4v) is 3.17. The van der Waals surface area contributed by atoms with Crippen molar-refractivity contribution < 1.29 is 14.6 Å². The quantitative estimate of drug-likeness (QED) is 0.750. The molecule has 0 bridgehead atoms. The molecule has 2 N–H and O–H groups in total. The van der Waals surface area contributed by atoms with Crippen molar-refractivity contribution in [1.29, 1.82) is 0 Å². The number of methoxy groups -OCH3 is 1. The van der Waals surface area contributed by atoms with Gasteiger partial charge in [-0.3, -0.25) is 0 Å². The Bertz CT molecular complexity index is 926. The van der Waals surface area contributed by atoms with Gasteiger partial charge in [0.25, 0.3) is 0 Å². The average Bonchev–Trinajstić information content (AvgIpc) is 3.38. The first kappa shape index (κ1) is 14.8. The molecule has 3 aromatic rings. The van der Waals surface area contributed by atoms with Crippen molar-refractivity contribution in [2.45, 2.75) is 25.2 Å². The first-order valence-corrected chi connectivity index (χ1v) is 8.03. The SMILES string of the molecule is COc1ccc2c(Cc3cccc(C(=O)O)n3)c(C3CC3)[nH]c2c1. The van der Waals surface area contributed by atoms with E-state index in [9.17, 15) is 4.79 Å². The van der Waals surface area contributed by atoms with Crippen molar-refractivity contribution >= 4 is 16.9 Å². The largest absolute Gasteiger partial charge is 0.497 e. The number of rotatable bonds is 5. The minimum atomic E-state index is -0.997. The zero-order chi connectivity index (χ0) is 16.7. The lowest BCUT2D eigenvalue weighted by atomic mass is 10.0. The Morgan fingerprint density at radius 3 is 2.88 bits per heavy atom. The summed E-state index contributed by atoms with van der Waals surface area (Å²) in [4.78, 5) is 18.9. The second-order valence-corrected chi connectivity index (χ2v) is 6.20. The maximum Gasteiger partial charge on any atom is 0.354 e. The number of carboxylic acid groups (broad SMARTS) is 1. The molecular weight excluding hydrogens is 304 g/mol. The number of hydrogen-bond acceptors (Lipinski definition) is 3. The minimum absolute atomic E-state index is 0.0852. The van der Waals surface area contributed by atoms with Crippen LogP contribution in [0.25, 0.3) is 10.9 Å². The highest BCUT2D eigenvalue weighted by atomic mass is 16.5. The lowest BCUT2D eigenvalue weighted by Crippen LogP contribution is -2.03. The molecule has 0 spiro atoms. The second kappa shape index (κ2) is 5.67. The first-order chi connectivity index (χ1) is 11.7. The number of nitrogens with zero attached hydrogens (tertiary/aromatic N) is 1. The van der Waals surface area contributed by atoms with Gasteiger partial charge >= 0.3 is 5.97 Å². The molecule has 1 fully saturated rings. The second-order valence-electron chi connectivity index (χ2n) is 6.20. The first-order valence-electron chi connectivity index (χ1n) is 8.03. The summed E-state index contributed by atoms with van der Waals surface area (Å²) in [7, 11) is 1.66. The van der Waals surface area contributed by atoms with E-state index in [1.807, 2.05) is 18.2 Å². The van der Waals surface area contributed by atoms with Crippen LogP contribution in [0.15, 0.2) is 36.4 Å². The molecule has 5 nitrogen and oxygen atoms in total. The highest BCUT2D eigenvalue weighted by molar-refractivity contribution is 5.87. The molecule has 0 unspecified atom stereocenters. The molecule has 1 aromatic carbocycles. The fraction of sp³-hybridized carbons (Fsp3) is 0.263. The number of aromatic amines is 1. The normalized spacial score (nSPS) is 14.0. The van der Waals surface area contributed by atoms with E-state index in [1.165, 1.54) is 30.2 Å². The summed E-state index contributed by atoms with van der Waals surface area (Å²) in [6.07, 6.45) is 3.01. The van der Waals surface area contributed by atoms with Gasteiger partial charge in [0.05, 0.1) is 7.11 Å². The molecule has 24 heavy (non-hydrogen) atoms. The third-order valence-electron chi connectivity index (χ3n) is 4.52. The molecule has 0 saturated heterocycles. The number of aromatic carboxylic acids is 1. The monoisotopic (exact) mass is 322 g/mol. The third-order valence-corrected chi connectivity index (χ3v) is 4.52. The number of fused-ring (bicyclic) bond motifs is 1. The maximum absolute atomic E-state index is 11.1. The van der Waals surface area contributed by atoms with Crippen LogP contribution in [0.5, 0.6) is 5.75 Å². The standard InChI is InChI=1S/C19H18N2O3/c1-24-13-7-8-14-15(18(11-5-6-11)21-17(14)10-13)9-12-3-2-4-16(20-12)19(22)23/h2-4,7-8,10-11,21H,5-6,9H2,1H3,(H,22,23). The molecule has 0 aliphatic heterocycles. The van der Waals surface area contributed by atoms with E-state index < -0.39 is 5.97 Å². The van der Waals surface area contributed by atoms with Gasteiger partial charge in [-0.05, 0) is 48.6 Å². The minimum Gasteiger partial charge on any atom is -0.497 e. The molecule has 2 aromatic heterocycles. The van der Waals surface area contributed by atoms with Crippen molar-refractivity contribution in [3.8, 4) is 5.75 Å². The third kappa shape index (κ3) is 2.62. The van der Waals surface area contributed by atoms with Crippen LogP contribution < -0.4 is 4.74 Å². The number of benzene rings is 1. The van der Waals surface area contributed by atoms with E-state index in [2.05, 4.69) is 16.0 Å². The van der Waals surface area contributed by atoms with Crippen molar-refractivity contribution in [2.75, 3.05) is 7.11 Å². The van der Waals surface area contributed by atoms with Gasteiger partial charge < -0.3 is 14.8 Å². The Kier molecular flexibility index (Phi) is 3.49. The van der Waals surface area contributed by atoms with Crippen molar-refractivity contribution in [3.05, 3.63) is 59.0 Å². The van der Waals surface area contributed by atoms with Gasteiger partial charge in [0, 0.05) is 34.8 Å². The Hall–Kier alpha value is -2.82. The predicted molar refractivity (Wildman–Crippen MR) is 90.8 cm³/mol. The number of carboxylic acids is 1. The molecule has 1 aliphatic carbocycles. The van der Waals surface area contributed by atoms with Crippen LogP contribution in [-0.2, 0) is 6.42 Å². The van der Waals surface area contributed by atoms with Crippen LogP contribution in [0.4, 0.5) is 0 Å². The zero-order valence-corrected chi connectivity index (χ0v) is 13.4. The van der Waals surface area contributed by atoms with Crippen LogP contribution >= 0.6 is 0 Å². The van der Waals surface area contributed by atoms with Gasteiger partial charge in [0.1, 0.15) is 11.4 Å². The van der Waals surface area contributed by atoms with Crippen LogP contribution in [0.2, 0.25) is 0 Å². The van der Waals surface area contributed by atoms with Crippen LogP contribution in [0.3, 0.4) is 0 Å². The van der Waals surface area contributed by atoms with Crippen molar-refractivity contribution in [2.24, 2.45) is 0 Å². The smallest absolute Gasteiger partial charge is 0.354 e. The molecule has 4 rings (SSSR count). The van der Waals surface area contributed by atoms with Gasteiger partial charge in [-0.25, -0.2) is 9.78 Å². The molecule has 0 radical (unpaired) electrons. The summed E-state index contributed by atoms with van der Waals surface area (Å²) < 4.78 is 5.31. The summed E-state index contributed by atoms with van der Waals surface area (Å²) in [5.74, 6) is 0.396. The number of pyridine rings is 1. The van der Waals surface area contributed by atoms with Crippen molar-refractivity contribution in [3.63, 3.8) is 0 Å². The van der Waals surface area contributed by atoms with E-state index >= 15 is 0 Å². The van der Waals surface area contributed by atoms with Gasteiger partial charge in [-0.15, -0.1) is 0 Å². The number of H-pyrrole nitrogens is 1. The van der Waals surface area contributed by atoms with E-state index in [0.717, 1.165) is 22.3 Å². The van der Waals surface area contributed by atoms with Crippen LogP contribution in [-0.4, -0.2) is 28.2 Å². The predicted octanol–water partition coefficient (Wildman–Crippen LogP) is 3.74. The lowest BCUT2D eigenvalue weighted by molar-refractivity contribution is 0.0690. The Morgan fingerprint density at radius 1 is 1.33 bits per heavy atom. The maximum atomic E-state index is 11.1. The molecule has 1 saturated carbocycles. The van der Waals surface area contributed by atoms with Gasteiger partial charge in [-0.2, -0.15) is 0 Å². The Morgan fingerprint density at radius 2 is 2.17 bits per heavy atom. The van der Waals surface area contributed by atoms with Gasteiger partial charge in [0.2, 0.25) is 0 Å². The number of nitrogens with one attached hydrogen (secondary N) is 1. The molecule has 5 heteroatoms. The summed E-state index contributed by atoms with van der Waals surface area (Å²) in [6, 6.07) is 11.2. The Labute approximate surface area is 139 Å². The number of ether oxygens (including phenoxy) is 1. The van der Waals surface area contributed by atoms with Crippen molar-refractivity contribution in [1.82, 2.24) is 9.97 Å². The topological polar surface area (TPSA) is 75.2 Å². The van der Waals surface area contributed by atoms with Crippen LogP contribution in [0, 0.1) is 0 Å². The molecule has 0 amide bonds. The average molecular weight is 322 g/mol. The molecule has 2 heterocycles. The summed E-state index contributed by atoms with van der Waals surface area (Å²) in [6.45, 7) is 0. The van der Waals surface area contributed by atoms with Gasteiger partial charge in [0.15, 0.2) is 0 Å². The van der Waals surface area contributed by atoms with E-state index in [0.29, 0.717) is 12.3 Å².